The molecule has 3 aliphatic heterocycles. The quantitative estimate of drug-likeness (QED) is 0.266. The summed E-state index contributed by atoms with van der Waals surface area (Å²) >= 11 is 2.45. The number of ether oxygens (including phenoxy) is 2. The number of fused-ring (bicyclic) bond motifs is 10. The molecule has 0 bridgehead atoms. The molecule has 14 atom stereocenters. The fourth-order valence-corrected chi connectivity index (χ4v) is 21.5. The topological polar surface area (TPSA) is 21.7 Å². The lowest BCUT2D eigenvalue weighted by Gasteiger charge is -2.51. The molecule has 3 heterocycles. The van der Waals surface area contributed by atoms with Gasteiger partial charge in [-0.05, 0) is 213 Å². The van der Waals surface area contributed by atoms with E-state index in [0.29, 0.717) is 24.4 Å². The summed E-state index contributed by atoms with van der Waals surface area (Å²) in [6, 6.07) is 2.62. The molecule has 3 saturated heterocycles. The highest BCUT2D eigenvalue weighted by molar-refractivity contribution is 8.00. The first-order valence-corrected chi connectivity index (χ1v) is 28.4. The van der Waals surface area contributed by atoms with Gasteiger partial charge in [-0.25, -0.2) is 0 Å². The third-order valence-corrected chi connectivity index (χ3v) is 23.8. The number of nitrogens with zero attached hydrogens (tertiary/aromatic N) is 1. The van der Waals surface area contributed by atoms with Gasteiger partial charge in [0.25, 0.3) is 0 Å². The molecule has 58 heavy (non-hydrogen) atoms. The molecule has 12 fully saturated rings. The van der Waals surface area contributed by atoms with E-state index in [9.17, 15) is 0 Å². The highest BCUT2D eigenvalue weighted by Crippen LogP contribution is 2.62. The van der Waals surface area contributed by atoms with Gasteiger partial charge in [0.1, 0.15) is 0 Å². The highest BCUT2D eigenvalue weighted by atomic mass is 32.2. The minimum atomic E-state index is 0.617. The van der Waals surface area contributed by atoms with Crippen LogP contribution in [0.4, 0.5) is 0 Å². The maximum atomic E-state index is 7.60. The number of thioether (sulfide) groups is 1. The molecule has 0 spiro atoms. The summed E-state index contributed by atoms with van der Waals surface area (Å²) in [5, 5.41) is 1.91. The molecule has 0 aromatic rings. The molecule has 9 aliphatic carbocycles. The van der Waals surface area contributed by atoms with E-state index in [1.165, 1.54) is 186 Å². The fraction of sp³-hybridized carbons (Fsp3) is 1.00. The van der Waals surface area contributed by atoms with E-state index < -0.39 is 0 Å². The third kappa shape index (κ3) is 7.40. The average molecular weight is 814 g/mol. The van der Waals surface area contributed by atoms with Crippen LogP contribution >= 0.6 is 11.8 Å². The van der Waals surface area contributed by atoms with Crippen molar-refractivity contribution in [2.75, 3.05) is 0 Å². The first-order chi connectivity index (χ1) is 28.7. The fourth-order valence-electron chi connectivity index (χ4n) is 19.4. The van der Waals surface area contributed by atoms with E-state index >= 15 is 0 Å². The summed E-state index contributed by atoms with van der Waals surface area (Å²) < 4.78 is 14.5. The van der Waals surface area contributed by atoms with Crippen LogP contribution in [-0.2, 0) is 9.47 Å². The van der Waals surface area contributed by atoms with Gasteiger partial charge in [0.2, 0.25) is 0 Å². The van der Waals surface area contributed by atoms with Gasteiger partial charge in [0.15, 0.2) is 0 Å². The molecule has 0 amide bonds. The van der Waals surface area contributed by atoms with E-state index in [2.05, 4.69) is 16.7 Å². The Labute approximate surface area is 360 Å². The molecule has 0 radical (unpaired) electrons. The van der Waals surface area contributed by atoms with Gasteiger partial charge in [-0.3, -0.25) is 4.90 Å². The van der Waals surface area contributed by atoms with Crippen LogP contribution < -0.4 is 0 Å². The predicted molar refractivity (Wildman–Crippen MR) is 240 cm³/mol. The largest absolute Gasteiger partial charge is 0.374 e. The third-order valence-electron chi connectivity index (χ3n) is 22.0. The number of hydrogen-bond acceptors (Lipinski definition) is 4. The summed E-state index contributed by atoms with van der Waals surface area (Å²) in [5.74, 6) is 11.4. The van der Waals surface area contributed by atoms with Gasteiger partial charge in [0.05, 0.1) is 24.4 Å². The average Bonchev–Trinajstić information content (AvgIpc) is 3.98. The smallest absolute Gasteiger partial charge is 0.0652 e. The van der Waals surface area contributed by atoms with E-state index in [4.69, 9.17) is 9.47 Å². The zero-order valence-electron chi connectivity index (χ0n) is 37.1. The molecule has 12 rings (SSSR count). The van der Waals surface area contributed by atoms with Crippen molar-refractivity contribution in [3.8, 4) is 0 Å². The summed E-state index contributed by atoms with van der Waals surface area (Å²) in [7, 11) is 0. The molecule has 326 valence electrons. The van der Waals surface area contributed by atoms with Crippen LogP contribution in [0.1, 0.15) is 212 Å². The van der Waals surface area contributed by atoms with Gasteiger partial charge < -0.3 is 9.47 Å². The van der Waals surface area contributed by atoms with Crippen molar-refractivity contribution in [1.29, 1.82) is 0 Å². The SMILES string of the molecule is C1CCC(C2CCC(N(C3CCC(C4CCC5C(C4)OC4CCCCC45)CC3)C3CCC(C4CCCC5C6CCC7SC8CCCCC8C7C6OC45)CC3)CC2)CC1. The molecule has 14 unspecified atom stereocenters. The van der Waals surface area contributed by atoms with Crippen molar-refractivity contribution < 1.29 is 9.47 Å². The lowest BCUT2D eigenvalue weighted by atomic mass is 9.62. The standard InChI is InChI=1S/C54H87NO2S/c1-2-9-34(10-3-1)35-17-24-39(25-18-35)55(40-26-19-36(20-27-40)38-23-30-44-43-11-4-6-15-48(43)56-49(44)33-38)41-28-21-37(22-29-41)42-13-8-14-45-46-31-32-51-52(54(46)57-53(42)45)47-12-5-7-16-50(47)58-51/h34-54H,1-33H2. The minimum Gasteiger partial charge on any atom is -0.374 e. The summed E-state index contributed by atoms with van der Waals surface area (Å²) in [6.45, 7) is 0. The van der Waals surface area contributed by atoms with Crippen molar-refractivity contribution in [3.05, 3.63) is 0 Å². The van der Waals surface area contributed by atoms with Crippen molar-refractivity contribution in [3.63, 3.8) is 0 Å². The second-order valence-electron chi connectivity index (χ2n) is 24.3. The van der Waals surface area contributed by atoms with E-state index in [1.54, 1.807) is 25.7 Å². The van der Waals surface area contributed by atoms with Crippen LogP contribution in [0.25, 0.3) is 0 Å². The second-order valence-corrected chi connectivity index (χ2v) is 25.7. The van der Waals surface area contributed by atoms with Gasteiger partial charge >= 0.3 is 0 Å². The summed E-state index contributed by atoms with van der Waals surface area (Å²) in [5.41, 5.74) is 0. The Morgan fingerprint density at radius 1 is 0.310 bits per heavy atom. The minimum absolute atomic E-state index is 0.617. The van der Waals surface area contributed by atoms with Crippen LogP contribution in [0.3, 0.4) is 0 Å². The summed E-state index contributed by atoms with van der Waals surface area (Å²) in [4.78, 5) is 3.34. The van der Waals surface area contributed by atoms with Gasteiger partial charge in [-0.2, -0.15) is 11.8 Å². The monoisotopic (exact) mass is 814 g/mol. The van der Waals surface area contributed by atoms with Gasteiger partial charge in [0, 0.05) is 34.5 Å². The second kappa shape index (κ2) is 17.3. The van der Waals surface area contributed by atoms with E-state index in [0.717, 1.165) is 99.6 Å². The Balaban J connectivity index is 0.703. The van der Waals surface area contributed by atoms with Crippen molar-refractivity contribution in [1.82, 2.24) is 4.90 Å². The Morgan fingerprint density at radius 3 is 1.60 bits per heavy atom. The van der Waals surface area contributed by atoms with Gasteiger partial charge in [-0.15, -0.1) is 0 Å². The maximum absolute atomic E-state index is 7.60. The normalized spacial score (nSPS) is 53.5. The molecule has 0 N–H and O–H groups in total. The van der Waals surface area contributed by atoms with Crippen LogP contribution in [0.15, 0.2) is 0 Å². The molecule has 0 aromatic heterocycles. The van der Waals surface area contributed by atoms with Crippen molar-refractivity contribution in [2.24, 2.45) is 71.0 Å². The predicted octanol–water partition coefficient (Wildman–Crippen LogP) is 13.8. The van der Waals surface area contributed by atoms with Crippen molar-refractivity contribution >= 4 is 11.8 Å². The molecule has 0 aromatic carbocycles. The lowest BCUT2D eigenvalue weighted by molar-refractivity contribution is -0.0778. The van der Waals surface area contributed by atoms with E-state index in [1.807, 2.05) is 0 Å². The Bertz CT molecular complexity index is 1360. The Kier molecular flexibility index (Phi) is 11.9. The van der Waals surface area contributed by atoms with Crippen LogP contribution in [0, 0.1) is 71.0 Å². The van der Waals surface area contributed by atoms with Crippen LogP contribution in [0.5, 0.6) is 0 Å². The summed E-state index contributed by atoms with van der Waals surface area (Å²) in [6.07, 6.45) is 52.1. The molecular formula is C54H87NO2S. The molecule has 4 heteroatoms. The first kappa shape index (κ1) is 39.8. The first-order valence-electron chi connectivity index (χ1n) is 27.5. The van der Waals surface area contributed by atoms with E-state index in [-0.39, 0.29) is 0 Å². The maximum Gasteiger partial charge on any atom is 0.0652 e. The van der Waals surface area contributed by atoms with Gasteiger partial charge in [-0.1, -0.05) is 64.2 Å². The van der Waals surface area contributed by atoms with Crippen LogP contribution in [-0.4, -0.2) is 57.9 Å². The highest BCUT2D eigenvalue weighted by Gasteiger charge is 2.60. The lowest BCUT2D eigenvalue weighted by Crippen LogP contribution is -2.53. The van der Waals surface area contributed by atoms with Crippen molar-refractivity contribution in [2.45, 2.75) is 265 Å². The molecular weight excluding hydrogens is 727 g/mol. The zero-order chi connectivity index (χ0) is 38.2. The Hall–Kier alpha value is 0.230. The molecule has 12 aliphatic rings. The number of hydrogen-bond donors (Lipinski definition) is 0. The molecule has 3 nitrogen and oxygen atoms in total. The number of rotatable bonds is 6. The van der Waals surface area contributed by atoms with Crippen LogP contribution in [0.2, 0.25) is 0 Å². The Morgan fingerprint density at radius 2 is 0.845 bits per heavy atom. The zero-order valence-corrected chi connectivity index (χ0v) is 37.9. The molecule has 9 saturated carbocycles.